The van der Waals surface area contributed by atoms with Crippen molar-refractivity contribution in [2.45, 2.75) is 257 Å². The van der Waals surface area contributed by atoms with E-state index in [1.54, 1.807) is 0 Å². The van der Waals surface area contributed by atoms with Crippen LogP contribution in [0.3, 0.4) is 0 Å². The molecule has 0 aliphatic carbocycles. The van der Waals surface area contributed by atoms with Gasteiger partial charge in [0.25, 0.3) is 0 Å². The highest BCUT2D eigenvalue weighted by molar-refractivity contribution is 5.70. The monoisotopic (exact) mass is 1130 g/mol. The molecule has 0 aromatic carbocycles. The minimum absolute atomic E-state index is 0.140. The number of carbonyl (C=O) groups is 3. The molecule has 0 radical (unpaired) electrons. The summed E-state index contributed by atoms with van der Waals surface area (Å²) in [4.78, 5) is 37.3. The molecule has 0 bridgehead atoms. The Morgan fingerprint density at radius 3 is 1.05 bits per heavy atom. The molecule has 0 N–H and O–H groups in total. The Morgan fingerprint density at radius 1 is 0.383 bits per heavy atom. The number of likely N-dealkylation sites (N-methyl/N-ethyl adjacent to an activating group) is 1. The summed E-state index contributed by atoms with van der Waals surface area (Å²) in [7, 11) is 5.91. The molecule has 0 saturated heterocycles. The summed E-state index contributed by atoms with van der Waals surface area (Å²) in [5.41, 5.74) is 0. The van der Waals surface area contributed by atoms with Crippen LogP contribution in [0, 0.1) is 0 Å². The van der Waals surface area contributed by atoms with E-state index in [0.717, 1.165) is 122 Å². The van der Waals surface area contributed by atoms with Gasteiger partial charge in [-0.3, -0.25) is 9.59 Å². The van der Waals surface area contributed by atoms with Gasteiger partial charge in [-0.25, -0.2) is 0 Å². The molecule has 0 aromatic rings. The van der Waals surface area contributed by atoms with Crippen LogP contribution in [0.2, 0.25) is 0 Å². The quantitative estimate of drug-likeness (QED) is 0.0195. The first-order valence-corrected chi connectivity index (χ1v) is 32.3. The van der Waals surface area contributed by atoms with E-state index < -0.39 is 24.3 Å². The van der Waals surface area contributed by atoms with Crippen LogP contribution in [-0.4, -0.2) is 82.3 Å². The van der Waals surface area contributed by atoms with E-state index in [9.17, 15) is 19.5 Å². The number of hydrogen-bond donors (Lipinski definition) is 0. The van der Waals surface area contributed by atoms with Gasteiger partial charge in [-0.1, -0.05) is 250 Å². The Hall–Kier alpha value is -4.57. The van der Waals surface area contributed by atoms with Crippen LogP contribution in [0.25, 0.3) is 0 Å². The van der Waals surface area contributed by atoms with Gasteiger partial charge in [0.2, 0.25) is 0 Å². The lowest BCUT2D eigenvalue weighted by Crippen LogP contribution is -2.44. The number of aliphatic carboxylic acids is 1. The fraction of sp³-hybridized carbons (Fsp3) is 0.653. The number of nitrogens with zero attached hydrogens (tertiary/aromatic N) is 1. The van der Waals surface area contributed by atoms with E-state index in [4.69, 9.17) is 18.9 Å². The summed E-state index contributed by atoms with van der Waals surface area (Å²) in [6.07, 6.45) is 85.1. The molecule has 0 amide bonds. The summed E-state index contributed by atoms with van der Waals surface area (Å²) in [5.74, 6) is -2.31. The van der Waals surface area contributed by atoms with Crippen molar-refractivity contribution in [3.63, 3.8) is 0 Å². The lowest BCUT2D eigenvalue weighted by atomic mass is 10.0. The molecule has 0 fully saturated rings. The third kappa shape index (κ3) is 62.9. The van der Waals surface area contributed by atoms with Gasteiger partial charge in [-0.15, -0.1) is 0 Å². The molecule has 0 saturated carbocycles. The number of carboxylic acids is 1. The minimum Gasteiger partial charge on any atom is -0.545 e. The highest BCUT2D eigenvalue weighted by Gasteiger charge is 2.22. The van der Waals surface area contributed by atoms with E-state index in [-0.39, 0.29) is 38.6 Å². The molecule has 9 heteroatoms. The van der Waals surface area contributed by atoms with Crippen molar-refractivity contribution in [3.8, 4) is 0 Å². The molecule has 0 aromatic heterocycles. The van der Waals surface area contributed by atoms with E-state index in [1.165, 1.54) is 89.9 Å². The molecule has 0 spiro atoms. The first kappa shape index (κ1) is 76.4. The van der Waals surface area contributed by atoms with Crippen molar-refractivity contribution in [2.75, 3.05) is 47.5 Å². The lowest BCUT2D eigenvalue weighted by Gasteiger charge is -2.26. The predicted molar refractivity (Wildman–Crippen MR) is 343 cm³/mol. The number of ether oxygens (including phenoxy) is 4. The first-order valence-electron chi connectivity index (χ1n) is 32.3. The highest BCUT2D eigenvalue weighted by atomic mass is 16.7. The summed E-state index contributed by atoms with van der Waals surface area (Å²) in [5, 5.41) is 11.8. The predicted octanol–water partition coefficient (Wildman–Crippen LogP) is 18.5. The Morgan fingerprint density at radius 2 is 0.704 bits per heavy atom. The SMILES string of the molecule is CC/C=C\C/C=C\C/C=C\C/C=C\C/C=C\C/C=C\C/C=C\C/C=C\C/C=C\CCCCCCCCCCCCCC(=O)OC(COC(=O)CCCCCCCCC/C=C\C/C=C\CCCCC)COC(OCC[N+](C)(C)C)C(=O)[O-]. The second-order valence-electron chi connectivity index (χ2n) is 22.3. The highest BCUT2D eigenvalue weighted by Crippen LogP contribution is 2.15. The van der Waals surface area contributed by atoms with Gasteiger partial charge >= 0.3 is 11.9 Å². The van der Waals surface area contributed by atoms with Gasteiger partial charge in [-0.2, -0.15) is 0 Å². The maximum Gasteiger partial charge on any atom is 0.306 e. The van der Waals surface area contributed by atoms with E-state index in [2.05, 4.69) is 148 Å². The molecule has 0 aliphatic rings. The number of carbonyl (C=O) groups excluding carboxylic acids is 3. The van der Waals surface area contributed by atoms with Crippen LogP contribution in [0.1, 0.15) is 245 Å². The third-order valence-corrected chi connectivity index (χ3v) is 13.4. The number of carboxylic acid groups (broad SMARTS) is 1. The molecule has 0 heterocycles. The fourth-order valence-corrected chi connectivity index (χ4v) is 8.44. The van der Waals surface area contributed by atoms with Crippen molar-refractivity contribution in [3.05, 3.63) is 134 Å². The summed E-state index contributed by atoms with van der Waals surface area (Å²) in [6.45, 7) is 4.59. The standard InChI is InChI=1S/C72H119NO8/c1-6-8-10-12-14-16-18-20-22-24-25-26-27-28-29-30-31-32-33-34-35-36-37-38-39-40-41-42-43-44-45-47-49-51-53-55-57-59-61-63-70(75)81-68(67-80-72(71(76)77)78-65-64-73(3,4)5)66-79-69(74)62-60-58-56-54-52-50-48-46-23-21-19-17-15-13-11-9-7-2/h8,10,14-17,20-23,25-26,28-29,31-32,34-35,37-38,40-41,68,72H,6-7,9,11-13,18-19,24,27,30,33,36,39,42-67H2,1-5H3/b10-8-,16-14-,17-15-,22-20-,23-21-,26-25-,29-28-,32-31-,35-34-,38-37-,41-40-. The Balaban J connectivity index is 4.15. The van der Waals surface area contributed by atoms with Crippen LogP contribution in [0.15, 0.2) is 134 Å². The van der Waals surface area contributed by atoms with Gasteiger partial charge in [-0.05, 0) is 116 Å². The largest absolute Gasteiger partial charge is 0.545 e. The number of esters is 2. The van der Waals surface area contributed by atoms with Crippen LogP contribution >= 0.6 is 0 Å². The van der Waals surface area contributed by atoms with Crippen molar-refractivity contribution >= 4 is 17.9 Å². The van der Waals surface area contributed by atoms with E-state index in [1.807, 2.05) is 21.1 Å². The zero-order chi connectivity index (χ0) is 59.1. The second kappa shape index (κ2) is 61.5. The van der Waals surface area contributed by atoms with Crippen LogP contribution in [0.5, 0.6) is 0 Å². The topological polar surface area (TPSA) is 111 Å². The molecule has 81 heavy (non-hydrogen) atoms. The number of unbranched alkanes of at least 4 members (excludes halogenated alkanes) is 21. The first-order chi connectivity index (χ1) is 39.6. The summed E-state index contributed by atoms with van der Waals surface area (Å²) in [6, 6.07) is 0. The van der Waals surface area contributed by atoms with Gasteiger partial charge in [0.15, 0.2) is 12.4 Å². The molecule has 460 valence electrons. The number of hydrogen-bond acceptors (Lipinski definition) is 8. The Labute approximate surface area is 497 Å². The van der Waals surface area contributed by atoms with Gasteiger partial charge in [0.1, 0.15) is 13.2 Å². The van der Waals surface area contributed by atoms with Crippen LogP contribution in [-0.2, 0) is 33.3 Å². The van der Waals surface area contributed by atoms with Gasteiger partial charge < -0.3 is 33.3 Å². The van der Waals surface area contributed by atoms with Crippen molar-refractivity contribution in [2.24, 2.45) is 0 Å². The zero-order valence-corrected chi connectivity index (χ0v) is 52.4. The smallest absolute Gasteiger partial charge is 0.306 e. The molecule has 2 unspecified atom stereocenters. The maximum absolute atomic E-state index is 12.9. The molecule has 0 rings (SSSR count). The molecular formula is C72H119NO8. The molecule has 2 atom stereocenters. The van der Waals surface area contributed by atoms with Crippen molar-refractivity contribution < 1.29 is 42.9 Å². The number of rotatable bonds is 58. The van der Waals surface area contributed by atoms with Crippen molar-refractivity contribution in [1.82, 2.24) is 0 Å². The lowest BCUT2D eigenvalue weighted by molar-refractivity contribution is -0.870. The Kier molecular flexibility index (Phi) is 58.0. The maximum atomic E-state index is 12.9. The average molecular weight is 1130 g/mol. The number of allylic oxidation sites excluding steroid dienone is 22. The normalized spacial score (nSPS) is 13.6. The molecule has 0 aliphatic heterocycles. The second-order valence-corrected chi connectivity index (χ2v) is 22.3. The minimum atomic E-state index is -1.63. The van der Waals surface area contributed by atoms with E-state index in [0.29, 0.717) is 17.4 Å². The number of quaternary nitrogens is 1. The Bertz CT molecular complexity index is 1790. The zero-order valence-electron chi connectivity index (χ0n) is 52.4. The van der Waals surface area contributed by atoms with E-state index >= 15 is 0 Å². The van der Waals surface area contributed by atoms with Gasteiger partial charge in [0, 0.05) is 12.8 Å². The van der Waals surface area contributed by atoms with Crippen molar-refractivity contribution in [1.29, 1.82) is 0 Å². The average Bonchev–Trinajstić information content (AvgIpc) is 3.44. The van der Waals surface area contributed by atoms with Crippen LogP contribution in [0.4, 0.5) is 0 Å². The summed E-state index contributed by atoms with van der Waals surface area (Å²) < 4.78 is 22.7. The third-order valence-electron chi connectivity index (χ3n) is 13.4. The molecule has 9 nitrogen and oxygen atoms in total. The summed E-state index contributed by atoms with van der Waals surface area (Å²) >= 11 is 0. The van der Waals surface area contributed by atoms with Gasteiger partial charge in [0.05, 0.1) is 40.3 Å². The molecular weight excluding hydrogens is 1010 g/mol. The fourth-order valence-electron chi connectivity index (χ4n) is 8.44. The van der Waals surface area contributed by atoms with Crippen LogP contribution < -0.4 is 5.11 Å².